The largest absolute Gasteiger partial charge is 0.490 e. The summed E-state index contributed by atoms with van der Waals surface area (Å²) in [4.78, 5) is 0. The van der Waals surface area contributed by atoms with E-state index in [0.717, 1.165) is 0 Å². The lowest BCUT2D eigenvalue weighted by Gasteiger charge is -2.15. The van der Waals surface area contributed by atoms with Crippen LogP contribution in [0.3, 0.4) is 0 Å². The third-order valence-electron chi connectivity index (χ3n) is 3.34. The van der Waals surface area contributed by atoms with E-state index < -0.39 is 5.82 Å². The fourth-order valence-corrected chi connectivity index (χ4v) is 2.68. The summed E-state index contributed by atoms with van der Waals surface area (Å²) in [5, 5.41) is 14.2. The second-order valence-corrected chi connectivity index (χ2v) is 5.76. The van der Waals surface area contributed by atoms with Crippen LogP contribution in [0.5, 0.6) is 11.5 Å². The molecule has 0 bridgehead atoms. The number of ether oxygens (including phenoxy) is 2. The first-order valence-electron chi connectivity index (χ1n) is 7.36. The molecule has 0 spiro atoms. The van der Waals surface area contributed by atoms with Gasteiger partial charge in [0.1, 0.15) is 12.4 Å². The Balaban J connectivity index is 1.92. The van der Waals surface area contributed by atoms with Crippen LogP contribution < -0.4 is 9.47 Å². The Morgan fingerprint density at radius 3 is 2.68 bits per heavy atom. The number of tetrazole rings is 1. The maximum Gasteiger partial charge on any atom is 0.204 e. The molecule has 3 rings (SSSR count). The number of halogens is 3. The summed E-state index contributed by atoms with van der Waals surface area (Å²) >= 11 is 12.3. The van der Waals surface area contributed by atoms with Gasteiger partial charge in [0.05, 0.1) is 16.7 Å². The number of hydrogen-bond donors (Lipinski definition) is 1. The quantitative estimate of drug-likeness (QED) is 0.688. The van der Waals surface area contributed by atoms with Crippen LogP contribution in [-0.2, 0) is 6.61 Å². The van der Waals surface area contributed by atoms with Gasteiger partial charge >= 0.3 is 0 Å². The maximum absolute atomic E-state index is 13.9. The van der Waals surface area contributed by atoms with Gasteiger partial charge in [0.25, 0.3) is 0 Å². The zero-order valence-electron chi connectivity index (χ0n) is 13.1. The van der Waals surface area contributed by atoms with E-state index in [0.29, 0.717) is 23.7 Å². The predicted molar refractivity (Wildman–Crippen MR) is 91.5 cm³/mol. The summed E-state index contributed by atoms with van der Waals surface area (Å²) < 4.78 is 25.2. The topological polar surface area (TPSA) is 72.9 Å². The van der Waals surface area contributed by atoms with E-state index in [1.165, 1.54) is 12.1 Å². The Hall–Kier alpha value is -2.38. The lowest BCUT2D eigenvalue weighted by atomic mass is 10.2. The Morgan fingerprint density at radius 1 is 1.16 bits per heavy atom. The monoisotopic (exact) mass is 382 g/mol. The van der Waals surface area contributed by atoms with Crippen molar-refractivity contribution in [1.29, 1.82) is 0 Å². The molecule has 25 heavy (non-hydrogen) atoms. The molecule has 0 saturated carbocycles. The van der Waals surface area contributed by atoms with Crippen LogP contribution in [0.4, 0.5) is 4.39 Å². The minimum Gasteiger partial charge on any atom is -0.490 e. The maximum atomic E-state index is 13.9. The normalized spacial score (nSPS) is 10.7. The third kappa shape index (κ3) is 3.83. The predicted octanol–water partition coefficient (Wildman–Crippen LogP) is 4.29. The zero-order chi connectivity index (χ0) is 17.8. The van der Waals surface area contributed by atoms with Crippen molar-refractivity contribution in [3.05, 3.63) is 51.8 Å². The highest BCUT2D eigenvalue weighted by atomic mass is 35.5. The Kier molecular flexibility index (Phi) is 5.35. The van der Waals surface area contributed by atoms with Crippen LogP contribution in [-0.4, -0.2) is 27.2 Å². The van der Waals surface area contributed by atoms with Gasteiger partial charge in [0.15, 0.2) is 11.5 Å². The van der Waals surface area contributed by atoms with Crippen molar-refractivity contribution in [2.75, 3.05) is 6.61 Å². The van der Waals surface area contributed by atoms with Gasteiger partial charge in [0, 0.05) is 11.1 Å². The van der Waals surface area contributed by atoms with Crippen molar-refractivity contribution in [3.63, 3.8) is 0 Å². The van der Waals surface area contributed by atoms with Crippen molar-refractivity contribution in [3.8, 4) is 22.9 Å². The van der Waals surface area contributed by atoms with Crippen molar-refractivity contribution < 1.29 is 13.9 Å². The van der Waals surface area contributed by atoms with Gasteiger partial charge in [-0.05, 0) is 36.4 Å². The molecule has 0 radical (unpaired) electrons. The Labute approximate surface area is 152 Å². The third-order valence-corrected chi connectivity index (χ3v) is 3.97. The van der Waals surface area contributed by atoms with Crippen LogP contribution in [0, 0.1) is 5.82 Å². The van der Waals surface area contributed by atoms with Crippen molar-refractivity contribution >= 4 is 23.2 Å². The standard InChI is InChI=1S/C16H13Cl2FN4O2/c1-2-24-14-7-9(16-20-22-23-21-16)6-12(18)15(14)25-8-10-11(17)4-3-5-13(10)19/h3-7H,2,8H2,1H3,(H,20,21,22,23). The molecule has 6 nitrogen and oxygen atoms in total. The fraction of sp³-hybridized carbons (Fsp3) is 0.188. The Bertz CT molecular complexity index is 855. The number of rotatable bonds is 6. The molecule has 130 valence electrons. The van der Waals surface area contributed by atoms with Gasteiger partial charge in [-0.3, -0.25) is 0 Å². The smallest absolute Gasteiger partial charge is 0.204 e. The molecule has 0 unspecified atom stereocenters. The van der Waals surface area contributed by atoms with Gasteiger partial charge < -0.3 is 9.47 Å². The molecule has 0 aliphatic rings. The SMILES string of the molecule is CCOc1cc(-c2nn[nH]n2)cc(Cl)c1OCc1c(F)cccc1Cl. The summed E-state index contributed by atoms with van der Waals surface area (Å²) in [5.74, 6) is 0.592. The summed E-state index contributed by atoms with van der Waals surface area (Å²) in [5.41, 5.74) is 0.850. The van der Waals surface area contributed by atoms with Crippen LogP contribution in [0.15, 0.2) is 30.3 Å². The number of nitrogens with one attached hydrogen (secondary N) is 1. The van der Waals surface area contributed by atoms with E-state index in [1.54, 1.807) is 18.2 Å². The minimum atomic E-state index is -0.454. The van der Waals surface area contributed by atoms with E-state index >= 15 is 0 Å². The van der Waals surface area contributed by atoms with Gasteiger partial charge in [-0.1, -0.05) is 29.3 Å². The van der Waals surface area contributed by atoms with Crippen molar-refractivity contribution in [2.45, 2.75) is 13.5 Å². The second-order valence-electron chi connectivity index (χ2n) is 4.94. The average Bonchev–Trinajstić information content (AvgIpc) is 3.11. The first kappa shape index (κ1) is 17.4. The molecule has 2 aromatic carbocycles. The molecule has 0 aliphatic carbocycles. The number of H-pyrrole nitrogens is 1. The molecule has 0 atom stereocenters. The van der Waals surface area contributed by atoms with Gasteiger partial charge in [-0.25, -0.2) is 4.39 Å². The lowest BCUT2D eigenvalue weighted by molar-refractivity contribution is 0.266. The molecule has 1 aromatic heterocycles. The molecule has 3 aromatic rings. The van der Waals surface area contributed by atoms with Gasteiger partial charge in [-0.15, -0.1) is 10.2 Å². The minimum absolute atomic E-state index is 0.0904. The highest BCUT2D eigenvalue weighted by molar-refractivity contribution is 6.32. The summed E-state index contributed by atoms with van der Waals surface area (Å²) in [6.07, 6.45) is 0. The van der Waals surface area contributed by atoms with E-state index in [4.69, 9.17) is 32.7 Å². The lowest BCUT2D eigenvalue weighted by Crippen LogP contribution is -2.03. The summed E-state index contributed by atoms with van der Waals surface area (Å²) in [7, 11) is 0. The van der Waals surface area contributed by atoms with E-state index in [2.05, 4.69) is 20.6 Å². The molecule has 0 fully saturated rings. The number of benzene rings is 2. The molecule has 1 heterocycles. The highest BCUT2D eigenvalue weighted by Crippen LogP contribution is 2.39. The van der Waals surface area contributed by atoms with Crippen molar-refractivity contribution in [1.82, 2.24) is 20.6 Å². The van der Waals surface area contributed by atoms with E-state index in [9.17, 15) is 4.39 Å². The first-order valence-corrected chi connectivity index (χ1v) is 8.11. The molecule has 1 N–H and O–H groups in total. The number of aromatic amines is 1. The van der Waals surface area contributed by atoms with Crippen LogP contribution in [0.25, 0.3) is 11.4 Å². The molecule has 0 amide bonds. The number of nitrogens with zero attached hydrogens (tertiary/aromatic N) is 3. The number of hydrogen-bond acceptors (Lipinski definition) is 5. The van der Waals surface area contributed by atoms with E-state index in [1.807, 2.05) is 6.92 Å². The molecule has 0 saturated heterocycles. The molecular formula is C16H13Cl2FN4O2. The van der Waals surface area contributed by atoms with Crippen molar-refractivity contribution in [2.24, 2.45) is 0 Å². The van der Waals surface area contributed by atoms with E-state index in [-0.39, 0.29) is 28.0 Å². The van der Waals surface area contributed by atoms with Gasteiger partial charge in [0.2, 0.25) is 5.82 Å². The molecular weight excluding hydrogens is 370 g/mol. The van der Waals surface area contributed by atoms with Crippen LogP contribution in [0.1, 0.15) is 12.5 Å². The van der Waals surface area contributed by atoms with Gasteiger partial charge in [-0.2, -0.15) is 5.21 Å². The summed E-state index contributed by atoms with van der Waals surface area (Å²) in [6, 6.07) is 7.73. The fourth-order valence-electron chi connectivity index (χ4n) is 2.20. The number of aromatic nitrogens is 4. The molecule has 0 aliphatic heterocycles. The zero-order valence-corrected chi connectivity index (χ0v) is 14.6. The first-order chi connectivity index (χ1) is 12.1. The highest BCUT2D eigenvalue weighted by Gasteiger charge is 2.17. The van der Waals surface area contributed by atoms with Crippen LogP contribution in [0.2, 0.25) is 10.0 Å². The summed E-state index contributed by atoms with van der Waals surface area (Å²) in [6.45, 7) is 2.13. The Morgan fingerprint density at radius 2 is 2.00 bits per heavy atom. The van der Waals surface area contributed by atoms with Crippen LogP contribution >= 0.6 is 23.2 Å². The molecule has 9 heteroatoms. The average molecular weight is 383 g/mol. The second kappa shape index (κ2) is 7.67.